The van der Waals surface area contributed by atoms with Crippen molar-refractivity contribution in [2.24, 2.45) is 0 Å². The van der Waals surface area contributed by atoms with Gasteiger partial charge in [-0.15, -0.1) is 23.1 Å². The van der Waals surface area contributed by atoms with Crippen LogP contribution in [0.15, 0.2) is 58.0 Å². The van der Waals surface area contributed by atoms with Crippen LogP contribution in [0.2, 0.25) is 0 Å². The molecule has 0 radical (unpaired) electrons. The lowest BCUT2D eigenvalue weighted by Crippen LogP contribution is -2.46. The van der Waals surface area contributed by atoms with Gasteiger partial charge in [0.15, 0.2) is 5.76 Å². The van der Waals surface area contributed by atoms with E-state index in [1.165, 1.54) is 27.2 Å². The number of carbonyl (C=O) groups excluding carboxylic acids is 1. The van der Waals surface area contributed by atoms with Gasteiger partial charge in [0.05, 0.1) is 12.3 Å². The summed E-state index contributed by atoms with van der Waals surface area (Å²) in [7, 11) is 2.18. The molecule has 31 heavy (non-hydrogen) atoms. The maximum Gasteiger partial charge on any atom is 0.291 e. The Morgan fingerprint density at radius 2 is 1.94 bits per heavy atom. The molecule has 1 aromatic carbocycles. The second-order valence-electron chi connectivity index (χ2n) is 7.80. The standard InChI is InChI=1S/C24H29N3O2S2/c1-4-18-16-20(24(31-18)25-23(28)21-6-5-15-29-21)22(27-13-11-26(2)12-14-27)17-7-9-19(30-3)10-8-17/h5-10,15-16,22H,4,11-14H2,1-3H3,(H,25,28)/t22-/m1/s1. The minimum absolute atomic E-state index is 0.105. The van der Waals surface area contributed by atoms with Crippen molar-refractivity contribution < 1.29 is 9.21 Å². The topological polar surface area (TPSA) is 48.7 Å². The molecule has 5 nitrogen and oxygen atoms in total. The molecule has 0 unspecified atom stereocenters. The number of amides is 1. The molecule has 0 aliphatic carbocycles. The van der Waals surface area contributed by atoms with Crippen LogP contribution >= 0.6 is 23.1 Å². The first-order valence-corrected chi connectivity index (χ1v) is 12.7. The zero-order valence-electron chi connectivity index (χ0n) is 18.3. The number of hydrogen-bond acceptors (Lipinski definition) is 6. The van der Waals surface area contributed by atoms with Crippen LogP contribution in [-0.4, -0.2) is 55.2 Å². The molecule has 2 aromatic heterocycles. The molecule has 1 N–H and O–H groups in total. The number of thiophene rings is 1. The van der Waals surface area contributed by atoms with Gasteiger partial charge in [0.2, 0.25) is 0 Å². The van der Waals surface area contributed by atoms with Crippen molar-refractivity contribution in [2.45, 2.75) is 24.3 Å². The molecular formula is C24H29N3O2S2. The summed E-state index contributed by atoms with van der Waals surface area (Å²) in [6.07, 6.45) is 4.57. The number of hydrogen-bond donors (Lipinski definition) is 1. The molecule has 1 aliphatic heterocycles. The van der Waals surface area contributed by atoms with Crippen LogP contribution in [0, 0.1) is 0 Å². The van der Waals surface area contributed by atoms with E-state index >= 15 is 0 Å². The van der Waals surface area contributed by atoms with E-state index in [1.54, 1.807) is 35.2 Å². The minimum atomic E-state index is -0.203. The molecule has 4 rings (SSSR count). The number of nitrogens with zero attached hydrogens (tertiary/aromatic N) is 2. The molecule has 1 fully saturated rings. The van der Waals surface area contributed by atoms with E-state index in [2.05, 4.69) is 65.7 Å². The van der Waals surface area contributed by atoms with Crippen molar-refractivity contribution in [3.63, 3.8) is 0 Å². The lowest BCUT2D eigenvalue weighted by Gasteiger charge is -2.38. The number of furan rings is 1. The van der Waals surface area contributed by atoms with Gasteiger partial charge < -0.3 is 14.6 Å². The number of rotatable bonds is 7. The van der Waals surface area contributed by atoms with E-state index in [-0.39, 0.29) is 11.9 Å². The molecule has 1 saturated heterocycles. The third-order valence-electron chi connectivity index (χ3n) is 5.76. The minimum Gasteiger partial charge on any atom is -0.459 e. The van der Waals surface area contributed by atoms with Crippen LogP contribution in [0.3, 0.4) is 0 Å². The smallest absolute Gasteiger partial charge is 0.291 e. The molecule has 0 saturated carbocycles. The second kappa shape index (κ2) is 10.0. The van der Waals surface area contributed by atoms with Crippen LogP contribution < -0.4 is 5.32 Å². The Labute approximate surface area is 192 Å². The predicted octanol–water partition coefficient (Wildman–Crippen LogP) is 5.21. The van der Waals surface area contributed by atoms with E-state index in [0.717, 1.165) is 37.6 Å². The van der Waals surface area contributed by atoms with Gasteiger partial charge >= 0.3 is 0 Å². The third-order valence-corrected chi connectivity index (χ3v) is 7.72. The summed E-state index contributed by atoms with van der Waals surface area (Å²) in [4.78, 5) is 20.2. The molecule has 164 valence electrons. The number of anilines is 1. The lowest BCUT2D eigenvalue weighted by atomic mass is 9.97. The van der Waals surface area contributed by atoms with Gasteiger partial charge in [-0.1, -0.05) is 19.1 Å². The average molecular weight is 456 g/mol. The summed E-state index contributed by atoms with van der Waals surface area (Å²) in [5.41, 5.74) is 2.43. The molecule has 0 spiro atoms. The Morgan fingerprint density at radius 1 is 1.19 bits per heavy atom. The first-order chi connectivity index (χ1) is 15.1. The van der Waals surface area contributed by atoms with Gasteiger partial charge in [0, 0.05) is 41.5 Å². The molecule has 1 atom stereocenters. The van der Waals surface area contributed by atoms with Crippen molar-refractivity contribution in [3.8, 4) is 0 Å². The monoisotopic (exact) mass is 455 g/mol. The van der Waals surface area contributed by atoms with Crippen LogP contribution in [-0.2, 0) is 6.42 Å². The van der Waals surface area contributed by atoms with Crippen molar-refractivity contribution in [2.75, 3.05) is 44.8 Å². The second-order valence-corrected chi connectivity index (χ2v) is 9.81. The highest BCUT2D eigenvalue weighted by Gasteiger charge is 2.29. The molecule has 3 heterocycles. The molecular weight excluding hydrogens is 426 g/mol. The number of thioether (sulfide) groups is 1. The van der Waals surface area contributed by atoms with Crippen molar-refractivity contribution >= 4 is 34.0 Å². The first kappa shape index (κ1) is 22.1. The van der Waals surface area contributed by atoms with Gasteiger partial charge in [0.25, 0.3) is 5.91 Å². The maximum absolute atomic E-state index is 12.8. The summed E-state index contributed by atoms with van der Waals surface area (Å²) in [5, 5.41) is 4.05. The molecule has 1 amide bonds. The number of aryl methyl sites for hydroxylation is 1. The van der Waals surface area contributed by atoms with Gasteiger partial charge in [-0.25, -0.2) is 0 Å². The summed E-state index contributed by atoms with van der Waals surface area (Å²) >= 11 is 3.42. The normalized spacial score (nSPS) is 16.4. The van der Waals surface area contributed by atoms with Crippen molar-refractivity contribution in [1.29, 1.82) is 0 Å². The van der Waals surface area contributed by atoms with Crippen molar-refractivity contribution in [1.82, 2.24) is 9.80 Å². The van der Waals surface area contributed by atoms with Gasteiger partial charge in [-0.3, -0.25) is 9.69 Å². The Balaban J connectivity index is 1.72. The first-order valence-electron chi connectivity index (χ1n) is 10.6. The Morgan fingerprint density at radius 3 is 2.55 bits per heavy atom. The Hall–Kier alpha value is -2.06. The van der Waals surface area contributed by atoms with Gasteiger partial charge in [-0.2, -0.15) is 0 Å². The Bertz CT molecular complexity index is 991. The van der Waals surface area contributed by atoms with Crippen LogP contribution in [0.25, 0.3) is 0 Å². The fourth-order valence-electron chi connectivity index (χ4n) is 3.96. The maximum atomic E-state index is 12.8. The number of piperazine rings is 1. The van der Waals surface area contributed by atoms with Crippen molar-refractivity contribution in [3.05, 3.63) is 70.5 Å². The quantitative estimate of drug-likeness (QED) is 0.495. The fraction of sp³-hybridized carbons (Fsp3) is 0.375. The van der Waals surface area contributed by atoms with E-state index in [0.29, 0.717) is 5.76 Å². The number of nitrogens with one attached hydrogen (secondary N) is 1. The Kier molecular flexibility index (Phi) is 7.17. The number of benzene rings is 1. The van der Waals surface area contributed by atoms with Crippen LogP contribution in [0.1, 0.15) is 39.5 Å². The van der Waals surface area contributed by atoms with Crippen LogP contribution in [0.5, 0.6) is 0 Å². The number of likely N-dealkylation sites (N-methyl/N-ethyl adjacent to an activating group) is 1. The zero-order chi connectivity index (χ0) is 21.8. The largest absolute Gasteiger partial charge is 0.459 e. The molecule has 3 aromatic rings. The highest BCUT2D eigenvalue weighted by molar-refractivity contribution is 7.98. The van der Waals surface area contributed by atoms with E-state index in [1.807, 2.05) is 0 Å². The highest BCUT2D eigenvalue weighted by Crippen LogP contribution is 2.40. The van der Waals surface area contributed by atoms with Gasteiger partial charge in [0.1, 0.15) is 5.00 Å². The average Bonchev–Trinajstić information content (AvgIpc) is 3.46. The number of carbonyl (C=O) groups is 1. The van der Waals surface area contributed by atoms with E-state index in [9.17, 15) is 4.79 Å². The van der Waals surface area contributed by atoms with Gasteiger partial charge in [-0.05, 0) is 55.6 Å². The predicted molar refractivity (Wildman–Crippen MR) is 129 cm³/mol. The van der Waals surface area contributed by atoms with Crippen LogP contribution in [0.4, 0.5) is 5.00 Å². The van der Waals surface area contributed by atoms with E-state index < -0.39 is 0 Å². The summed E-state index contributed by atoms with van der Waals surface area (Å²) in [5.74, 6) is 0.128. The SMILES string of the molecule is CCc1cc([C@@H](c2ccc(SC)cc2)N2CCN(C)CC2)c(NC(=O)c2ccco2)s1. The summed E-state index contributed by atoms with van der Waals surface area (Å²) < 4.78 is 5.31. The summed E-state index contributed by atoms with van der Waals surface area (Å²) in [6.45, 7) is 6.23. The van der Waals surface area contributed by atoms with E-state index in [4.69, 9.17) is 4.42 Å². The lowest BCUT2D eigenvalue weighted by molar-refractivity contribution is 0.0996. The fourth-order valence-corrected chi connectivity index (χ4v) is 5.39. The third kappa shape index (κ3) is 5.06. The zero-order valence-corrected chi connectivity index (χ0v) is 19.9. The molecule has 1 aliphatic rings. The molecule has 0 bridgehead atoms. The molecule has 7 heteroatoms. The highest BCUT2D eigenvalue weighted by atomic mass is 32.2. The summed E-state index contributed by atoms with van der Waals surface area (Å²) in [6, 6.07) is 14.7.